The van der Waals surface area contributed by atoms with Crippen molar-refractivity contribution in [2.75, 3.05) is 20.3 Å². The summed E-state index contributed by atoms with van der Waals surface area (Å²) < 4.78 is 12.0. The van der Waals surface area contributed by atoms with E-state index < -0.39 is 0 Å². The van der Waals surface area contributed by atoms with Crippen molar-refractivity contribution in [3.05, 3.63) is 58.3 Å². The summed E-state index contributed by atoms with van der Waals surface area (Å²) in [4.78, 5) is 28.9. The molecule has 138 valence electrons. The van der Waals surface area contributed by atoms with E-state index >= 15 is 0 Å². The summed E-state index contributed by atoms with van der Waals surface area (Å²) in [5, 5.41) is 3.11. The molecule has 3 heterocycles. The molecule has 1 amide bonds. The molecule has 1 N–H and O–H groups in total. The number of aryl methyl sites for hydroxylation is 1. The number of rotatable bonds is 5. The molecule has 3 rings (SSSR count). The molecule has 2 aromatic rings. The number of hydrogen-bond acceptors (Lipinski definition) is 5. The minimum atomic E-state index is -0.280. The summed E-state index contributed by atoms with van der Waals surface area (Å²) in [6, 6.07) is 4.97. The number of aromatic nitrogens is 2. The molecule has 0 aliphatic carbocycles. The van der Waals surface area contributed by atoms with E-state index in [2.05, 4.69) is 10.3 Å². The van der Waals surface area contributed by atoms with Gasteiger partial charge in [0.05, 0.1) is 18.7 Å². The van der Waals surface area contributed by atoms with Crippen LogP contribution in [0.3, 0.4) is 0 Å². The van der Waals surface area contributed by atoms with Crippen molar-refractivity contribution in [3.8, 4) is 5.75 Å². The Bertz CT molecular complexity index is 813. The van der Waals surface area contributed by atoms with Crippen molar-refractivity contribution in [1.82, 2.24) is 14.9 Å². The highest BCUT2D eigenvalue weighted by Gasteiger charge is 2.28. The highest BCUT2D eigenvalue weighted by molar-refractivity contribution is 5.96. The van der Waals surface area contributed by atoms with Crippen LogP contribution in [-0.4, -0.2) is 35.8 Å². The normalized spacial score (nSPS) is 16.1. The predicted molar refractivity (Wildman–Crippen MR) is 96.2 cm³/mol. The van der Waals surface area contributed by atoms with Crippen LogP contribution in [-0.2, 0) is 11.8 Å². The lowest BCUT2D eigenvalue weighted by Gasteiger charge is -2.31. The van der Waals surface area contributed by atoms with Gasteiger partial charge >= 0.3 is 0 Å². The average molecular weight is 357 g/mol. The highest BCUT2D eigenvalue weighted by Crippen LogP contribution is 2.30. The first-order valence-electron chi connectivity index (χ1n) is 8.63. The van der Waals surface area contributed by atoms with Crippen LogP contribution in [0.2, 0.25) is 0 Å². The lowest BCUT2D eigenvalue weighted by molar-refractivity contribution is 0.0513. The fourth-order valence-corrected chi connectivity index (χ4v) is 3.25. The Morgan fingerprint density at radius 1 is 1.42 bits per heavy atom. The molecule has 1 saturated heterocycles. The molecule has 0 bridgehead atoms. The zero-order chi connectivity index (χ0) is 18.5. The van der Waals surface area contributed by atoms with Crippen LogP contribution in [0.15, 0.2) is 41.6 Å². The van der Waals surface area contributed by atoms with Crippen LogP contribution in [0, 0.1) is 5.92 Å². The minimum absolute atomic E-state index is 0.179. The SMILES string of the molecule is COc1cc(=O)n(C)cc1C(=O)N[C@@H](c1cccnc1)C1CCOCC1. The summed E-state index contributed by atoms with van der Waals surface area (Å²) in [6.07, 6.45) is 6.72. The summed E-state index contributed by atoms with van der Waals surface area (Å²) in [5.74, 6) is 0.246. The quantitative estimate of drug-likeness (QED) is 0.880. The van der Waals surface area contributed by atoms with Gasteiger partial charge in [0, 0.05) is 44.9 Å². The fourth-order valence-electron chi connectivity index (χ4n) is 3.25. The first-order chi connectivity index (χ1) is 12.6. The Hall–Kier alpha value is -2.67. The summed E-state index contributed by atoms with van der Waals surface area (Å²) in [6.45, 7) is 1.36. The summed E-state index contributed by atoms with van der Waals surface area (Å²) in [5.41, 5.74) is 1.05. The van der Waals surface area contributed by atoms with Crippen molar-refractivity contribution in [3.63, 3.8) is 0 Å². The molecular formula is C19H23N3O4. The second-order valence-corrected chi connectivity index (χ2v) is 6.39. The maximum Gasteiger partial charge on any atom is 0.257 e. The van der Waals surface area contributed by atoms with Gasteiger partial charge in [-0.05, 0) is 30.4 Å². The van der Waals surface area contributed by atoms with Gasteiger partial charge in [0.1, 0.15) is 5.75 Å². The number of methoxy groups -OCH3 is 1. The van der Waals surface area contributed by atoms with Crippen LogP contribution >= 0.6 is 0 Å². The number of nitrogens with zero attached hydrogens (tertiary/aromatic N) is 2. The number of carbonyl (C=O) groups is 1. The molecule has 1 atom stereocenters. The number of amides is 1. The molecule has 1 aliphatic heterocycles. The van der Waals surface area contributed by atoms with Gasteiger partial charge in [0.2, 0.25) is 0 Å². The molecule has 1 aliphatic rings. The molecule has 0 radical (unpaired) electrons. The fraction of sp³-hybridized carbons (Fsp3) is 0.421. The number of carbonyl (C=O) groups excluding carboxylic acids is 1. The van der Waals surface area contributed by atoms with Gasteiger partial charge in [0.15, 0.2) is 0 Å². The highest BCUT2D eigenvalue weighted by atomic mass is 16.5. The van der Waals surface area contributed by atoms with Gasteiger partial charge in [-0.15, -0.1) is 0 Å². The first kappa shape index (κ1) is 18.1. The zero-order valence-electron chi connectivity index (χ0n) is 15.0. The van der Waals surface area contributed by atoms with Gasteiger partial charge < -0.3 is 19.4 Å². The van der Waals surface area contributed by atoms with Gasteiger partial charge in [-0.1, -0.05) is 6.07 Å². The summed E-state index contributed by atoms with van der Waals surface area (Å²) >= 11 is 0. The van der Waals surface area contributed by atoms with Gasteiger partial charge in [-0.3, -0.25) is 14.6 Å². The Morgan fingerprint density at radius 3 is 2.85 bits per heavy atom. The Balaban J connectivity index is 1.90. The lowest BCUT2D eigenvalue weighted by atomic mass is 9.87. The molecule has 7 heteroatoms. The molecule has 0 spiro atoms. The topological polar surface area (TPSA) is 82.5 Å². The minimum Gasteiger partial charge on any atom is -0.496 e. The monoisotopic (exact) mass is 357 g/mol. The zero-order valence-corrected chi connectivity index (χ0v) is 15.0. The molecule has 0 aromatic carbocycles. The Labute approximate surface area is 152 Å². The van der Waals surface area contributed by atoms with Crippen LogP contribution in [0.5, 0.6) is 5.75 Å². The molecule has 0 saturated carbocycles. The van der Waals surface area contributed by atoms with Crippen LogP contribution in [0.1, 0.15) is 34.8 Å². The molecule has 2 aromatic heterocycles. The maximum atomic E-state index is 13.0. The molecule has 7 nitrogen and oxygen atoms in total. The van der Waals surface area contributed by atoms with Crippen molar-refractivity contribution in [1.29, 1.82) is 0 Å². The number of hydrogen-bond donors (Lipinski definition) is 1. The van der Waals surface area contributed by atoms with Crippen LogP contribution in [0.4, 0.5) is 0 Å². The van der Waals surface area contributed by atoms with E-state index in [0.717, 1.165) is 18.4 Å². The van der Waals surface area contributed by atoms with E-state index in [0.29, 0.717) is 18.8 Å². The molecule has 0 unspecified atom stereocenters. The largest absolute Gasteiger partial charge is 0.496 e. The third-order valence-corrected chi connectivity index (χ3v) is 4.72. The third-order valence-electron chi connectivity index (χ3n) is 4.72. The summed E-state index contributed by atoms with van der Waals surface area (Å²) in [7, 11) is 3.05. The first-order valence-corrected chi connectivity index (χ1v) is 8.63. The maximum absolute atomic E-state index is 13.0. The second-order valence-electron chi connectivity index (χ2n) is 6.39. The van der Waals surface area contributed by atoms with E-state index in [1.165, 1.54) is 23.9 Å². The average Bonchev–Trinajstić information content (AvgIpc) is 2.69. The number of nitrogens with one attached hydrogen (secondary N) is 1. The van der Waals surface area contributed by atoms with E-state index in [4.69, 9.17) is 9.47 Å². The van der Waals surface area contributed by atoms with Gasteiger partial charge in [-0.2, -0.15) is 0 Å². The lowest BCUT2D eigenvalue weighted by Crippen LogP contribution is -2.36. The smallest absolute Gasteiger partial charge is 0.257 e. The van der Waals surface area contributed by atoms with Crippen molar-refractivity contribution >= 4 is 5.91 Å². The standard InChI is InChI=1S/C19H23N3O4/c1-22-12-15(16(25-2)10-17(22)23)19(24)21-18(13-5-8-26-9-6-13)14-4-3-7-20-11-14/h3-4,7,10-13,18H,5-6,8-9H2,1-2H3,(H,21,24)/t18-/m1/s1. The number of pyridine rings is 2. The number of ether oxygens (including phenoxy) is 2. The second kappa shape index (κ2) is 8.14. The van der Waals surface area contributed by atoms with Gasteiger partial charge in [-0.25, -0.2) is 0 Å². The van der Waals surface area contributed by atoms with E-state index in [1.807, 2.05) is 12.1 Å². The Kier molecular flexibility index (Phi) is 5.68. The van der Waals surface area contributed by atoms with Crippen molar-refractivity contribution in [2.24, 2.45) is 13.0 Å². The molecule has 26 heavy (non-hydrogen) atoms. The van der Waals surface area contributed by atoms with E-state index in [-0.39, 0.29) is 29.2 Å². The Morgan fingerprint density at radius 2 is 2.19 bits per heavy atom. The van der Waals surface area contributed by atoms with Crippen molar-refractivity contribution in [2.45, 2.75) is 18.9 Å². The van der Waals surface area contributed by atoms with Gasteiger partial charge in [0.25, 0.3) is 11.5 Å². The third kappa shape index (κ3) is 3.94. The van der Waals surface area contributed by atoms with Crippen molar-refractivity contribution < 1.29 is 14.3 Å². The predicted octanol–water partition coefficient (Wildman–Crippen LogP) is 1.69. The van der Waals surface area contributed by atoms with E-state index in [1.54, 1.807) is 19.4 Å². The molecular weight excluding hydrogens is 334 g/mol. The van der Waals surface area contributed by atoms with Crippen LogP contribution in [0.25, 0.3) is 0 Å². The van der Waals surface area contributed by atoms with Crippen LogP contribution < -0.4 is 15.6 Å². The van der Waals surface area contributed by atoms with E-state index in [9.17, 15) is 9.59 Å². The molecule has 1 fully saturated rings.